The monoisotopic (exact) mass is 460 g/mol. The van der Waals surface area contributed by atoms with E-state index in [-0.39, 0.29) is 13.0 Å². The number of aliphatic hydroxyl groups excluding tert-OH is 1. The van der Waals surface area contributed by atoms with Crippen LogP contribution in [0.3, 0.4) is 0 Å². The largest absolute Gasteiger partial charge is 0.489 e. The summed E-state index contributed by atoms with van der Waals surface area (Å²) >= 11 is 0. The van der Waals surface area contributed by atoms with E-state index in [1.54, 1.807) is 12.1 Å². The van der Waals surface area contributed by atoms with Gasteiger partial charge in [-0.1, -0.05) is 48.5 Å². The highest BCUT2D eigenvalue weighted by atomic mass is 16.5. The Morgan fingerprint density at radius 3 is 2.24 bits per heavy atom. The van der Waals surface area contributed by atoms with Crippen LogP contribution < -0.4 is 9.47 Å². The van der Waals surface area contributed by atoms with Crippen LogP contribution in [0.1, 0.15) is 34.6 Å². The molecular formula is C27H28N2O5. The Labute approximate surface area is 199 Å². The molecule has 0 amide bonds. The van der Waals surface area contributed by atoms with Gasteiger partial charge in [-0.25, -0.2) is 0 Å². The molecule has 0 fully saturated rings. The third-order valence-electron chi connectivity index (χ3n) is 4.99. The summed E-state index contributed by atoms with van der Waals surface area (Å²) in [6.07, 6.45) is -0.225. The van der Waals surface area contributed by atoms with Crippen molar-refractivity contribution in [3.05, 3.63) is 95.1 Å². The van der Waals surface area contributed by atoms with Gasteiger partial charge in [-0.3, -0.25) is 4.79 Å². The van der Waals surface area contributed by atoms with E-state index < -0.39 is 11.9 Å². The first-order valence-corrected chi connectivity index (χ1v) is 10.6. The summed E-state index contributed by atoms with van der Waals surface area (Å²) in [6, 6.07) is 24.3. The Morgan fingerprint density at radius 1 is 1.00 bits per heavy atom. The number of nitriles is 1. The predicted octanol–water partition coefficient (Wildman–Crippen LogP) is 4.71. The molecule has 0 aliphatic rings. The number of nitrogens with one attached hydrogen (secondary N) is 1. The van der Waals surface area contributed by atoms with Gasteiger partial charge in [0.2, 0.25) is 0 Å². The molecule has 3 aromatic carbocycles. The molecule has 0 heterocycles. The lowest BCUT2D eigenvalue weighted by Gasteiger charge is -2.13. The third-order valence-corrected chi connectivity index (χ3v) is 4.99. The fraction of sp³-hybridized carbons (Fsp3) is 0.222. The molecule has 0 saturated heterocycles. The van der Waals surface area contributed by atoms with Crippen molar-refractivity contribution in [2.45, 2.75) is 25.9 Å². The van der Waals surface area contributed by atoms with Crippen LogP contribution in [0.5, 0.6) is 11.5 Å². The minimum absolute atomic E-state index is 0.192. The molecule has 3 aromatic rings. The Bertz CT molecular complexity index is 1120. The quantitative estimate of drug-likeness (QED) is 0.377. The van der Waals surface area contributed by atoms with E-state index in [9.17, 15) is 10.1 Å². The first-order valence-electron chi connectivity index (χ1n) is 10.6. The molecule has 0 saturated carbocycles. The summed E-state index contributed by atoms with van der Waals surface area (Å²) in [5.74, 6) is -0.358. The minimum Gasteiger partial charge on any atom is -0.489 e. The smallest absolute Gasteiger partial charge is 0.305 e. The van der Waals surface area contributed by atoms with Crippen molar-refractivity contribution >= 4 is 11.7 Å². The molecule has 7 nitrogen and oxygen atoms in total. The summed E-state index contributed by atoms with van der Waals surface area (Å²) in [5, 5.41) is 33.3. The van der Waals surface area contributed by atoms with E-state index in [0.29, 0.717) is 29.4 Å². The molecule has 0 bridgehead atoms. The second kappa shape index (κ2) is 13.4. The van der Waals surface area contributed by atoms with E-state index in [0.717, 1.165) is 23.8 Å². The van der Waals surface area contributed by atoms with Crippen LogP contribution >= 0.6 is 0 Å². The number of nitrogens with zero attached hydrogens (tertiary/aromatic N) is 1. The molecule has 34 heavy (non-hydrogen) atoms. The number of aryl methyl sites for hydroxylation is 1. The number of aliphatic carboxylic acids is 1. The maximum atomic E-state index is 10.9. The van der Waals surface area contributed by atoms with Gasteiger partial charge in [-0.15, -0.1) is 0 Å². The van der Waals surface area contributed by atoms with Crippen molar-refractivity contribution in [1.29, 1.82) is 10.7 Å². The van der Waals surface area contributed by atoms with Crippen molar-refractivity contribution < 1.29 is 24.5 Å². The maximum Gasteiger partial charge on any atom is 0.305 e. The number of carboxylic acid groups (broad SMARTS) is 1. The van der Waals surface area contributed by atoms with Crippen LogP contribution in [0.15, 0.2) is 72.8 Å². The number of benzene rings is 3. The average molecular weight is 461 g/mol. The van der Waals surface area contributed by atoms with Crippen LogP contribution in [0, 0.1) is 23.7 Å². The highest BCUT2D eigenvalue weighted by molar-refractivity contribution is 5.99. The number of rotatable bonds is 10. The van der Waals surface area contributed by atoms with Gasteiger partial charge in [0.15, 0.2) is 0 Å². The second-order valence-electron chi connectivity index (χ2n) is 7.36. The number of ether oxygens (including phenoxy) is 2. The Balaban J connectivity index is 0.00000199. The van der Waals surface area contributed by atoms with Crippen molar-refractivity contribution in [3.8, 4) is 17.6 Å². The van der Waals surface area contributed by atoms with E-state index in [2.05, 4.69) is 6.07 Å². The van der Waals surface area contributed by atoms with E-state index in [1.807, 2.05) is 67.6 Å². The number of carbonyl (C=O) groups is 1. The first-order chi connectivity index (χ1) is 16.5. The number of hydrogen-bond donors (Lipinski definition) is 3. The van der Waals surface area contributed by atoms with Gasteiger partial charge in [0.05, 0.1) is 24.1 Å². The zero-order chi connectivity index (χ0) is 24.9. The number of aliphatic hydroxyl groups is 1. The molecular weight excluding hydrogens is 432 g/mol. The van der Waals surface area contributed by atoms with Gasteiger partial charge in [-0.2, -0.15) is 5.26 Å². The summed E-state index contributed by atoms with van der Waals surface area (Å²) in [6.45, 7) is 2.39. The minimum atomic E-state index is -0.999. The second-order valence-corrected chi connectivity index (χ2v) is 7.36. The molecule has 0 radical (unpaired) electrons. The summed E-state index contributed by atoms with van der Waals surface area (Å²) < 4.78 is 11.5. The fourth-order valence-corrected chi connectivity index (χ4v) is 3.26. The maximum absolute atomic E-state index is 10.9. The van der Waals surface area contributed by atoms with E-state index in [4.69, 9.17) is 25.1 Å². The highest BCUT2D eigenvalue weighted by Gasteiger charge is 2.17. The van der Waals surface area contributed by atoms with Crippen LogP contribution in [0.2, 0.25) is 0 Å². The van der Waals surface area contributed by atoms with Crippen LogP contribution in [0.25, 0.3) is 0 Å². The van der Waals surface area contributed by atoms with Crippen molar-refractivity contribution in [2.24, 2.45) is 0 Å². The standard InChI is InChI=1S/C26H24N2O4.CH4O/c1-18-13-23(11-12-24(18)21(15-27)14-26(29)30)31-16-19-7-9-22(10-8-19)32-17-25(28)20-5-3-2-4-6-20;1-2/h2-13,21,28H,14,16-17H2,1H3,(H,29,30);2H,1H3. The topological polar surface area (TPSA) is 124 Å². The molecule has 3 rings (SSSR count). The molecule has 0 aliphatic carbocycles. The van der Waals surface area contributed by atoms with Crippen LogP contribution in [-0.4, -0.2) is 35.6 Å². The molecule has 7 heteroatoms. The lowest BCUT2D eigenvalue weighted by atomic mass is 9.93. The van der Waals surface area contributed by atoms with Crippen LogP contribution in [0.4, 0.5) is 0 Å². The van der Waals surface area contributed by atoms with Crippen LogP contribution in [-0.2, 0) is 11.4 Å². The Hall–Kier alpha value is -4.15. The lowest BCUT2D eigenvalue weighted by Crippen LogP contribution is -2.11. The normalized spacial score (nSPS) is 10.8. The van der Waals surface area contributed by atoms with Gasteiger partial charge in [0.1, 0.15) is 24.7 Å². The fourth-order valence-electron chi connectivity index (χ4n) is 3.26. The van der Waals surface area contributed by atoms with Crippen molar-refractivity contribution in [3.63, 3.8) is 0 Å². The summed E-state index contributed by atoms with van der Waals surface area (Å²) in [4.78, 5) is 10.9. The molecule has 176 valence electrons. The molecule has 3 N–H and O–H groups in total. The van der Waals surface area contributed by atoms with Gasteiger partial charge < -0.3 is 25.1 Å². The molecule has 1 unspecified atom stereocenters. The van der Waals surface area contributed by atoms with Crippen molar-refractivity contribution in [1.82, 2.24) is 0 Å². The Kier molecular flexibility index (Phi) is 10.3. The highest BCUT2D eigenvalue weighted by Crippen LogP contribution is 2.26. The lowest BCUT2D eigenvalue weighted by molar-refractivity contribution is -0.137. The van der Waals surface area contributed by atoms with Gasteiger partial charge in [0, 0.05) is 7.11 Å². The predicted molar refractivity (Wildman–Crippen MR) is 129 cm³/mol. The van der Waals surface area contributed by atoms with Gasteiger partial charge >= 0.3 is 5.97 Å². The van der Waals surface area contributed by atoms with Crippen molar-refractivity contribution in [2.75, 3.05) is 13.7 Å². The van der Waals surface area contributed by atoms with E-state index >= 15 is 0 Å². The number of carboxylic acids is 1. The number of hydrogen-bond acceptors (Lipinski definition) is 6. The zero-order valence-corrected chi connectivity index (χ0v) is 19.2. The molecule has 0 aromatic heterocycles. The van der Waals surface area contributed by atoms with E-state index in [1.165, 1.54) is 0 Å². The summed E-state index contributed by atoms with van der Waals surface area (Å²) in [5.41, 5.74) is 3.73. The molecule has 1 atom stereocenters. The molecule has 0 spiro atoms. The Morgan fingerprint density at radius 2 is 1.65 bits per heavy atom. The average Bonchev–Trinajstić information content (AvgIpc) is 2.87. The van der Waals surface area contributed by atoms with Gasteiger partial charge in [-0.05, 0) is 53.4 Å². The van der Waals surface area contributed by atoms with Gasteiger partial charge in [0.25, 0.3) is 0 Å². The zero-order valence-electron chi connectivity index (χ0n) is 19.2. The SMILES string of the molecule is CO.Cc1cc(OCc2ccc(OCC(=N)c3ccccc3)cc2)ccc1C(C#N)CC(=O)O. The third kappa shape index (κ3) is 7.76. The molecule has 0 aliphatic heterocycles. The first kappa shape index (κ1) is 26.1. The summed E-state index contributed by atoms with van der Waals surface area (Å²) in [7, 11) is 1.00.